The van der Waals surface area contributed by atoms with E-state index in [1.807, 2.05) is 38.1 Å². The highest BCUT2D eigenvalue weighted by molar-refractivity contribution is 7.99. The van der Waals surface area contributed by atoms with E-state index in [-0.39, 0.29) is 0 Å². The predicted molar refractivity (Wildman–Crippen MR) is 73.3 cm³/mol. The molecule has 0 spiro atoms. The van der Waals surface area contributed by atoms with E-state index >= 15 is 0 Å². The van der Waals surface area contributed by atoms with E-state index in [1.54, 1.807) is 18.7 Å². The molecule has 0 saturated carbocycles. The first-order valence-corrected chi connectivity index (χ1v) is 7.12. The summed E-state index contributed by atoms with van der Waals surface area (Å²) in [7, 11) is 0. The molecule has 0 heterocycles. The summed E-state index contributed by atoms with van der Waals surface area (Å²) < 4.78 is 0. The summed E-state index contributed by atoms with van der Waals surface area (Å²) in [5.41, 5.74) is 0.365. The lowest BCUT2D eigenvalue weighted by Gasteiger charge is -2.24. The molecule has 1 atom stereocenters. The van der Waals surface area contributed by atoms with E-state index in [9.17, 15) is 10.2 Å². The van der Waals surface area contributed by atoms with Crippen molar-refractivity contribution >= 4 is 11.8 Å². The Labute approximate surface area is 108 Å². The van der Waals surface area contributed by atoms with Crippen molar-refractivity contribution in [1.82, 2.24) is 0 Å². The Morgan fingerprint density at radius 2 is 1.71 bits per heavy atom. The van der Waals surface area contributed by atoms with Crippen LogP contribution in [0.2, 0.25) is 0 Å². The summed E-state index contributed by atoms with van der Waals surface area (Å²) in [4.78, 5) is 1.13. The van der Waals surface area contributed by atoms with Gasteiger partial charge in [0.05, 0.1) is 11.7 Å². The number of hydrogen-bond donors (Lipinski definition) is 2. The van der Waals surface area contributed by atoms with Crippen molar-refractivity contribution in [2.24, 2.45) is 0 Å². The lowest BCUT2D eigenvalue weighted by molar-refractivity contribution is 0.0572. The summed E-state index contributed by atoms with van der Waals surface area (Å²) in [5.74, 6) is 0.716. The van der Waals surface area contributed by atoms with Crippen LogP contribution in [0.1, 0.15) is 45.3 Å². The monoisotopic (exact) mass is 254 g/mol. The molecule has 3 heteroatoms. The Morgan fingerprint density at radius 3 is 2.12 bits per heavy atom. The first kappa shape index (κ1) is 14.6. The average molecular weight is 254 g/mol. The lowest BCUT2D eigenvalue weighted by Crippen LogP contribution is -2.29. The van der Waals surface area contributed by atoms with Crippen molar-refractivity contribution in [2.45, 2.75) is 50.2 Å². The Bertz CT molecular complexity index is 329. The topological polar surface area (TPSA) is 40.5 Å². The summed E-state index contributed by atoms with van der Waals surface area (Å²) in [6, 6.07) is 7.87. The normalized spacial score (nSPS) is 13.7. The third-order valence-corrected chi connectivity index (χ3v) is 4.47. The molecular formula is C14H22O2S. The van der Waals surface area contributed by atoms with Crippen molar-refractivity contribution in [3.05, 3.63) is 29.8 Å². The molecule has 0 aliphatic rings. The Morgan fingerprint density at radius 1 is 1.18 bits per heavy atom. The van der Waals surface area contributed by atoms with Crippen LogP contribution in [-0.2, 0) is 0 Å². The highest BCUT2D eigenvalue weighted by atomic mass is 32.2. The molecule has 2 nitrogen and oxygen atoms in total. The molecule has 0 aliphatic carbocycles. The second-order valence-electron chi connectivity index (χ2n) is 4.47. The molecule has 1 unspecified atom stereocenters. The van der Waals surface area contributed by atoms with E-state index in [4.69, 9.17) is 0 Å². The van der Waals surface area contributed by atoms with E-state index < -0.39 is 11.7 Å². The maximum absolute atomic E-state index is 10.2. The molecule has 2 N–H and O–H groups in total. The van der Waals surface area contributed by atoms with Gasteiger partial charge in [0.25, 0.3) is 0 Å². The molecule has 0 fully saturated rings. The molecule has 0 bridgehead atoms. The molecule has 17 heavy (non-hydrogen) atoms. The second kappa shape index (κ2) is 6.43. The maximum Gasteiger partial charge on any atom is 0.0761 e. The highest BCUT2D eigenvalue weighted by Gasteiger charge is 2.22. The van der Waals surface area contributed by atoms with Crippen molar-refractivity contribution in [2.75, 3.05) is 5.75 Å². The van der Waals surface area contributed by atoms with Gasteiger partial charge in [-0.1, -0.05) is 26.0 Å². The first-order chi connectivity index (χ1) is 8.00. The first-order valence-electron chi connectivity index (χ1n) is 6.14. The van der Waals surface area contributed by atoms with E-state index in [0.717, 1.165) is 23.3 Å². The fourth-order valence-corrected chi connectivity index (χ4v) is 2.69. The molecule has 0 radical (unpaired) electrons. The highest BCUT2D eigenvalue weighted by Crippen LogP contribution is 2.27. The van der Waals surface area contributed by atoms with Gasteiger partial charge in [-0.3, -0.25) is 0 Å². The molecule has 1 aromatic rings. The Kier molecular flexibility index (Phi) is 5.50. The zero-order valence-electron chi connectivity index (χ0n) is 10.8. The number of aliphatic hydroxyl groups is 2. The molecule has 96 valence electrons. The predicted octanol–water partition coefficient (Wildman–Crippen LogP) is 3.38. The molecule has 1 rings (SSSR count). The Hall–Kier alpha value is -0.510. The SMILES string of the molecule is CCC(O)(CC)CSc1ccc(C(C)O)cc1. The number of rotatable bonds is 6. The van der Waals surface area contributed by atoms with Crippen molar-refractivity contribution in [3.63, 3.8) is 0 Å². The smallest absolute Gasteiger partial charge is 0.0761 e. The van der Waals surface area contributed by atoms with Gasteiger partial charge in [0.1, 0.15) is 0 Å². The minimum absolute atomic E-state index is 0.419. The number of hydrogen-bond acceptors (Lipinski definition) is 3. The molecule has 0 aliphatic heterocycles. The second-order valence-corrected chi connectivity index (χ2v) is 5.51. The molecule has 1 aromatic carbocycles. The van der Waals surface area contributed by atoms with Crippen LogP contribution >= 0.6 is 11.8 Å². The quantitative estimate of drug-likeness (QED) is 0.765. The van der Waals surface area contributed by atoms with Crippen LogP contribution in [0.4, 0.5) is 0 Å². The third-order valence-electron chi connectivity index (χ3n) is 3.19. The molecule has 0 saturated heterocycles. The zero-order valence-corrected chi connectivity index (χ0v) is 11.6. The largest absolute Gasteiger partial charge is 0.389 e. The standard InChI is InChI=1S/C14H22O2S/c1-4-14(16,5-2)10-17-13-8-6-12(7-9-13)11(3)15/h6-9,11,15-16H,4-5,10H2,1-3H3. The minimum atomic E-state index is -0.562. The van der Waals surface area contributed by atoms with Gasteiger partial charge < -0.3 is 10.2 Å². The van der Waals surface area contributed by atoms with Crippen LogP contribution in [0, 0.1) is 0 Å². The maximum atomic E-state index is 10.2. The number of thioether (sulfide) groups is 1. The fraction of sp³-hybridized carbons (Fsp3) is 0.571. The summed E-state index contributed by atoms with van der Waals surface area (Å²) >= 11 is 1.67. The van der Waals surface area contributed by atoms with Crippen molar-refractivity contribution < 1.29 is 10.2 Å². The summed E-state index contributed by atoms with van der Waals surface area (Å²) in [5, 5.41) is 19.6. The third kappa shape index (κ3) is 4.34. The van der Waals surface area contributed by atoms with Gasteiger partial charge >= 0.3 is 0 Å². The van der Waals surface area contributed by atoms with Gasteiger partial charge in [-0.15, -0.1) is 11.8 Å². The number of benzene rings is 1. The van der Waals surface area contributed by atoms with Crippen LogP contribution in [0.3, 0.4) is 0 Å². The molecule has 0 amide bonds. The van der Waals surface area contributed by atoms with Crippen LogP contribution in [0.25, 0.3) is 0 Å². The van der Waals surface area contributed by atoms with E-state index in [0.29, 0.717) is 5.75 Å². The van der Waals surface area contributed by atoms with Gasteiger partial charge in [-0.05, 0) is 37.5 Å². The molecular weight excluding hydrogens is 232 g/mol. The average Bonchev–Trinajstić information content (AvgIpc) is 2.36. The van der Waals surface area contributed by atoms with Crippen LogP contribution < -0.4 is 0 Å². The van der Waals surface area contributed by atoms with Crippen LogP contribution in [-0.4, -0.2) is 21.6 Å². The fourth-order valence-electron chi connectivity index (χ4n) is 1.51. The van der Waals surface area contributed by atoms with Crippen LogP contribution in [0.5, 0.6) is 0 Å². The van der Waals surface area contributed by atoms with Crippen LogP contribution in [0.15, 0.2) is 29.2 Å². The molecule has 0 aromatic heterocycles. The summed E-state index contributed by atoms with van der Waals surface area (Å²) in [6.07, 6.45) is 1.14. The van der Waals surface area contributed by atoms with Crippen molar-refractivity contribution in [3.8, 4) is 0 Å². The zero-order chi connectivity index (χ0) is 12.9. The van der Waals surface area contributed by atoms with E-state index in [1.165, 1.54) is 0 Å². The summed E-state index contributed by atoms with van der Waals surface area (Å²) in [6.45, 7) is 5.79. The minimum Gasteiger partial charge on any atom is -0.389 e. The van der Waals surface area contributed by atoms with Gasteiger partial charge in [-0.2, -0.15) is 0 Å². The van der Waals surface area contributed by atoms with E-state index in [2.05, 4.69) is 0 Å². The van der Waals surface area contributed by atoms with Gasteiger partial charge in [0.15, 0.2) is 0 Å². The van der Waals surface area contributed by atoms with Gasteiger partial charge in [-0.25, -0.2) is 0 Å². The van der Waals surface area contributed by atoms with Gasteiger partial charge in [0, 0.05) is 10.6 Å². The van der Waals surface area contributed by atoms with Gasteiger partial charge in [0.2, 0.25) is 0 Å². The van der Waals surface area contributed by atoms with Crippen molar-refractivity contribution in [1.29, 1.82) is 0 Å². The Balaban J connectivity index is 2.58. The lowest BCUT2D eigenvalue weighted by atomic mass is 10.0. The number of aliphatic hydroxyl groups excluding tert-OH is 1.